The number of aromatic amines is 1. The molecule has 0 aliphatic carbocycles. The topological polar surface area (TPSA) is 73.3 Å². The summed E-state index contributed by atoms with van der Waals surface area (Å²) in [5.74, 6) is 0.689. The number of nitrogens with one attached hydrogen (secondary N) is 1. The van der Waals surface area contributed by atoms with E-state index in [1.165, 1.54) is 23.0 Å². The molecule has 0 saturated heterocycles. The van der Waals surface area contributed by atoms with Gasteiger partial charge in [0.05, 0.1) is 25.6 Å². The van der Waals surface area contributed by atoms with Gasteiger partial charge in [0.2, 0.25) is 0 Å². The molecule has 0 aliphatic heterocycles. The van der Waals surface area contributed by atoms with Gasteiger partial charge in [0.1, 0.15) is 10.6 Å². The third-order valence-corrected chi connectivity index (χ3v) is 4.78. The Morgan fingerprint density at radius 2 is 2.00 bits per heavy atom. The smallest absolute Gasteiger partial charge is 0.329 e. The monoisotopic (exact) mass is 346 g/mol. The maximum Gasteiger partial charge on any atom is 0.329 e. The third-order valence-electron chi connectivity index (χ3n) is 3.88. The predicted molar refractivity (Wildman–Crippen MR) is 95.3 cm³/mol. The average Bonchev–Trinajstić information content (AvgIpc) is 2.98. The van der Waals surface area contributed by atoms with Gasteiger partial charge in [0, 0.05) is 23.6 Å². The van der Waals surface area contributed by atoms with Crippen molar-refractivity contribution in [1.29, 1.82) is 0 Å². The summed E-state index contributed by atoms with van der Waals surface area (Å²) in [6.45, 7) is 2.48. The van der Waals surface area contributed by atoms with Gasteiger partial charge in [-0.05, 0) is 19.1 Å². The molecule has 0 atom stereocenters. The summed E-state index contributed by atoms with van der Waals surface area (Å²) in [7, 11) is 3.13. The molecule has 1 N–H and O–H groups in total. The lowest BCUT2D eigenvalue weighted by Gasteiger charge is -2.09. The quantitative estimate of drug-likeness (QED) is 0.770. The van der Waals surface area contributed by atoms with E-state index in [-0.39, 0.29) is 12.1 Å². The van der Waals surface area contributed by atoms with E-state index in [0.717, 1.165) is 16.7 Å². The van der Waals surface area contributed by atoms with Crippen LogP contribution in [-0.4, -0.2) is 30.4 Å². The standard InChI is InChI=1S/C17H18N2O4S/c1-10-4-5-13(23-3)11(8-10)12-9-24-15-14(12)16(20)19(6-7-22-2)17(21)18-15/h4-5,8-9H,6-7H2,1-3H3,(H,18,21). The van der Waals surface area contributed by atoms with Crippen molar-refractivity contribution in [2.24, 2.45) is 0 Å². The normalized spacial score (nSPS) is 11.1. The van der Waals surface area contributed by atoms with E-state index in [1.54, 1.807) is 7.11 Å². The minimum atomic E-state index is -0.422. The molecular weight excluding hydrogens is 328 g/mol. The molecule has 0 fully saturated rings. The molecule has 6 nitrogen and oxygen atoms in total. The highest BCUT2D eigenvalue weighted by atomic mass is 32.1. The first kappa shape index (κ1) is 16.5. The zero-order chi connectivity index (χ0) is 17.3. The molecule has 0 unspecified atom stereocenters. The minimum Gasteiger partial charge on any atom is -0.496 e. The van der Waals surface area contributed by atoms with Crippen molar-refractivity contribution >= 4 is 21.6 Å². The lowest BCUT2D eigenvalue weighted by molar-refractivity contribution is 0.185. The van der Waals surface area contributed by atoms with Crippen LogP contribution < -0.4 is 16.0 Å². The molecule has 3 aromatic rings. The Balaban J connectivity index is 2.30. The Labute approximate surface area is 142 Å². The van der Waals surface area contributed by atoms with Crippen LogP contribution in [-0.2, 0) is 11.3 Å². The fourth-order valence-corrected chi connectivity index (χ4v) is 3.61. The van der Waals surface area contributed by atoms with Crippen molar-refractivity contribution in [3.05, 3.63) is 50.0 Å². The van der Waals surface area contributed by atoms with E-state index in [1.807, 2.05) is 30.5 Å². The second-order valence-corrected chi connectivity index (χ2v) is 6.32. The van der Waals surface area contributed by atoms with Crippen LogP contribution in [0.2, 0.25) is 0 Å². The number of H-pyrrole nitrogens is 1. The Hall–Kier alpha value is -2.38. The van der Waals surface area contributed by atoms with Gasteiger partial charge in [-0.3, -0.25) is 14.3 Å². The first-order valence-electron chi connectivity index (χ1n) is 7.45. The molecule has 0 amide bonds. The molecule has 0 spiro atoms. The lowest BCUT2D eigenvalue weighted by Crippen LogP contribution is -2.35. The number of thiophene rings is 1. The third kappa shape index (κ3) is 2.76. The first-order valence-corrected chi connectivity index (χ1v) is 8.33. The van der Waals surface area contributed by atoms with Crippen LogP contribution in [0.15, 0.2) is 33.2 Å². The Morgan fingerprint density at radius 3 is 2.71 bits per heavy atom. The van der Waals surface area contributed by atoms with Crippen LogP contribution in [0.3, 0.4) is 0 Å². The number of ether oxygens (including phenoxy) is 2. The second kappa shape index (κ2) is 6.62. The highest BCUT2D eigenvalue weighted by Crippen LogP contribution is 2.36. The van der Waals surface area contributed by atoms with Crippen LogP contribution in [0.1, 0.15) is 5.56 Å². The molecule has 24 heavy (non-hydrogen) atoms. The molecule has 2 heterocycles. The zero-order valence-electron chi connectivity index (χ0n) is 13.7. The Bertz CT molecular complexity index is 1000. The van der Waals surface area contributed by atoms with E-state index in [9.17, 15) is 9.59 Å². The number of hydrogen-bond acceptors (Lipinski definition) is 5. The van der Waals surface area contributed by atoms with Crippen molar-refractivity contribution in [1.82, 2.24) is 9.55 Å². The summed E-state index contributed by atoms with van der Waals surface area (Å²) in [4.78, 5) is 28.3. The second-order valence-electron chi connectivity index (χ2n) is 5.44. The van der Waals surface area contributed by atoms with Gasteiger partial charge in [-0.1, -0.05) is 11.6 Å². The van der Waals surface area contributed by atoms with Gasteiger partial charge in [0.25, 0.3) is 5.56 Å². The summed E-state index contributed by atoms with van der Waals surface area (Å²) in [5.41, 5.74) is 1.93. The SMILES string of the molecule is COCCn1c(=O)[nH]c2scc(-c3cc(C)ccc3OC)c2c1=O. The van der Waals surface area contributed by atoms with E-state index >= 15 is 0 Å². The summed E-state index contributed by atoms with van der Waals surface area (Å²) in [5, 5.41) is 2.37. The highest BCUT2D eigenvalue weighted by Gasteiger charge is 2.17. The number of methoxy groups -OCH3 is 2. The van der Waals surface area contributed by atoms with E-state index in [2.05, 4.69) is 4.98 Å². The molecule has 0 bridgehead atoms. The van der Waals surface area contributed by atoms with Crippen molar-refractivity contribution in [3.8, 4) is 16.9 Å². The van der Waals surface area contributed by atoms with Gasteiger partial charge < -0.3 is 9.47 Å². The van der Waals surface area contributed by atoms with E-state index < -0.39 is 5.69 Å². The molecule has 1 aromatic carbocycles. The van der Waals surface area contributed by atoms with Gasteiger partial charge in [-0.25, -0.2) is 4.79 Å². The van der Waals surface area contributed by atoms with Crippen LogP contribution in [0, 0.1) is 6.92 Å². The molecule has 126 valence electrons. The fraction of sp³-hybridized carbons (Fsp3) is 0.294. The van der Waals surface area contributed by atoms with Crippen molar-refractivity contribution in [2.45, 2.75) is 13.5 Å². The molecule has 0 aliphatic rings. The van der Waals surface area contributed by atoms with Gasteiger partial charge in [0.15, 0.2) is 0 Å². The molecule has 3 rings (SSSR count). The number of rotatable bonds is 5. The van der Waals surface area contributed by atoms with Crippen LogP contribution in [0.4, 0.5) is 0 Å². The number of fused-ring (bicyclic) bond motifs is 1. The predicted octanol–water partition coefficient (Wildman–Crippen LogP) is 2.38. The molecule has 0 radical (unpaired) electrons. The molecule has 2 aromatic heterocycles. The van der Waals surface area contributed by atoms with E-state index in [4.69, 9.17) is 9.47 Å². The van der Waals surface area contributed by atoms with Crippen molar-refractivity contribution < 1.29 is 9.47 Å². The number of aromatic nitrogens is 2. The maximum atomic E-state index is 12.8. The largest absolute Gasteiger partial charge is 0.496 e. The Kier molecular flexibility index (Phi) is 4.55. The maximum absolute atomic E-state index is 12.8. The first-order chi connectivity index (χ1) is 11.6. The van der Waals surface area contributed by atoms with Gasteiger partial charge >= 0.3 is 5.69 Å². The number of aryl methyl sites for hydroxylation is 1. The lowest BCUT2D eigenvalue weighted by atomic mass is 10.0. The summed E-state index contributed by atoms with van der Waals surface area (Å²) < 4.78 is 11.6. The summed E-state index contributed by atoms with van der Waals surface area (Å²) in [6.07, 6.45) is 0. The van der Waals surface area contributed by atoms with Gasteiger partial charge in [-0.2, -0.15) is 0 Å². The molecule has 0 saturated carbocycles. The van der Waals surface area contributed by atoms with Crippen molar-refractivity contribution in [3.63, 3.8) is 0 Å². The number of hydrogen-bond donors (Lipinski definition) is 1. The van der Waals surface area contributed by atoms with Crippen LogP contribution in [0.5, 0.6) is 5.75 Å². The summed E-state index contributed by atoms with van der Waals surface area (Å²) >= 11 is 1.34. The average molecular weight is 346 g/mol. The fourth-order valence-electron chi connectivity index (χ4n) is 2.67. The Morgan fingerprint density at radius 1 is 1.21 bits per heavy atom. The highest BCUT2D eigenvalue weighted by molar-refractivity contribution is 7.17. The number of nitrogens with zero attached hydrogens (tertiary/aromatic N) is 1. The van der Waals surface area contributed by atoms with Gasteiger partial charge in [-0.15, -0.1) is 11.3 Å². The minimum absolute atomic E-state index is 0.209. The van der Waals surface area contributed by atoms with Crippen LogP contribution >= 0.6 is 11.3 Å². The van der Waals surface area contributed by atoms with Crippen LogP contribution in [0.25, 0.3) is 21.3 Å². The summed E-state index contributed by atoms with van der Waals surface area (Å²) in [6, 6.07) is 5.81. The number of benzene rings is 1. The molecular formula is C17H18N2O4S. The van der Waals surface area contributed by atoms with E-state index in [0.29, 0.717) is 22.6 Å². The van der Waals surface area contributed by atoms with Crippen molar-refractivity contribution in [2.75, 3.05) is 20.8 Å². The molecule has 7 heteroatoms. The zero-order valence-corrected chi connectivity index (χ0v) is 14.5.